The summed E-state index contributed by atoms with van der Waals surface area (Å²) >= 11 is 0. The fourth-order valence-electron chi connectivity index (χ4n) is 1.63. The number of aliphatic carboxylic acids is 1. The maximum absolute atomic E-state index is 11.7. The number of aliphatic hydroxyl groups is 1. The molecule has 0 aliphatic carbocycles. The molecule has 1 fully saturated rings. The quantitative estimate of drug-likeness (QED) is 0.627. The van der Waals surface area contributed by atoms with E-state index < -0.39 is 17.6 Å². The lowest BCUT2D eigenvalue weighted by atomic mass is 10.1. The van der Waals surface area contributed by atoms with Gasteiger partial charge in [0.05, 0.1) is 12.6 Å². The molecule has 7 nitrogen and oxygen atoms in total. The van der Waals surface area contributed by atoms with Crippen molar-refractivity contribution in [1.29, 1.82) is 0 Å². The molecule has 1 aliphatic rings. The highest BCUT2D eigenvalue weighted by atomic mass is 16.5. The van der Waals surface area contributed by atoms with Crippen LogP contribution in [-0.2, 0) is 9.53 Å². The molecule has 7 heteroatoms. The Labute approximate surface area is 106 Å². The van der Waals surface area contributed by atoms with Gasteiger partial charge in [-0.05, 0) is 19.8 Å². The molecule has 18 heavy (non-hydrogen) atoms. The van der Waals surface area contributed by atoms with Gasteiger partial charge in [-0.15, -0.1) is 0 Å². The monoisotopic (exact) mass is 260 g/mol. The molecule has 1 rings (SSSR count). The lowest BCUT2D eigenvalue weighted by Crippen LogP contribution is -2.50. The maximum Gasteiger partial charge on any atom is 0.337 e. The predicted molar refractivity (Wildman–Crippen MR) is 63.3 cm³/mol. The third-order valence-corrected chi connectivity index (χ3v) is 2.89. The topological polar surface area (TPSA) is 99.1 Å². The Morgan fingerprint density at radius 2 is 2.22 bits per heavy atom. The predicted octanol–water partition coefficient (Wildman–Crippen LogP) is -0.358. The lowest BCUT2D eigenvalue weighted by Gasteiger charge is -2.24. The van der Waals surface area contributed by atoms with Crippen LogP contribution in [0.25, 0.3) is 0 Å². The number of rotatable bonds is 5. The number of amides is 2. The summed E-state index contributed by atoms with van der Waals surface area (Å²) < 4.78 is 5.39. The molecule has 1 saturated heterocycles. The van der Waals surface area contributed by atoms with Gasteiger partial charge in [-0.2, -0.15) is 0 Å². The highest BCUT2D eigenvalue weighted by molar-refractivity contribution is 5.79. The minimum Gasteiger partial charge on any atom is -0.479 e. The first-order chi connectivity index (χ1) is 8.33. The van der Waals surface area contributed by atoms with Gasteiger partial charge in [0, 0.05) is 20.2 Å². The zero-order valence-electron chi connectivity index (χ0n) is 10.7. The number of nitrogens with zero attached hydrogens (tertiary/aromatic N) is 1. The molecule has 1 heterocycles. The van der Waals surface area contributed by atoms with E-state index in [-0.39, 0.29) is 12.6 Å². The van der Waals surface area contributed by atoms with Crippen molar-refractivity contribution in [2.75, 3.05) is 26.7 Å². The second kappa shape index (κ2) is 6.01. The van der Waals surface area contributed by atoms with Gasteiger partial charge in [0.2, 0.25) is 0 Å². The van der Waals surface area contributed by atoms with Crippen LogP contribution >= 0.6 is 0 Å². The van der Waals surface area contributed by atoms with Gasteiger partial charge in [-0.1, -0.05) is 0 Å². The number of carbonyl (C=O) groups is 2. The highest BCUT2D eigenvalue weighted by Crippen LogP contribution is 2.12. The number of hydrogen-bond acceptors (Lipinski definition) is 4. The number of hydrogen-bond donors (Lipinski definition) is 3. The van der Waals surface area contributed by atoms with E-state index in [1.165, 1.54) is 4.90 Å². The average molecular weight is 260 g/mol. The SMILES string of the molecule is CN(CC1CCCO1)C(=O)NCC(C)(O)C(=O)O. The average Bonchev–Trinajstić information content (AvgIpc) is 2.78. The van der Waals surface area contributed by atoms with Gasteiger partial charge < -0.3 is 25.2 Å². The Morgan fingerprint density at radius 3 is 2.72 bits per heavy atom. The van der Waals surface area contributed by atoms with Gasteiger partial charge in [-0.3, -0.25) is 0 Å². The second-order valence-corrected chi connectivity index (χ2v) is 4.75. The Bertz CT molecular complexity index is 313. The smallest absolute Gasteiger partial charge is 0.337 e. The van der Waals surface area contributed by atoms with E-state index >= 15 is 0 Å². The summed E-state index contributed by atoms with van der Waals surface area (Å²) in [6, 6.07) is -0.424. The summed E-state index contributed by atoms with van der Waals surface area (Å²) in [5, 5.41) is 20.5. The molecule has 2 atom stereocenters. The Balaban J connectivity index is 2.33. The van der Waals surface area contributed by atoms with Crippen molar-refractivity contribution in [3.05, 3.63) is 0 Å². The van der Waals surface area contributed by atoms with Crippen molar-refractivity contribution in [2.45, 2.75) is 31.5 Å². The zero-order chi connectivity index (χ0) is 13.8. The molecule has 0 radical (unpaired) electrons. The van der Waals surface area contributed by atoms with E-state index in [1.54, 1.807) is 7.05 Å². The Morgan fingerprint density at radius 1 is 1.56 bits per heavy atom. The number of carboxylic acids is 1. The first-order valence-electron chi connectivity index (χ1n) is 5.89. The summed E-state index contributed by atoms with van der Waals surface area (Å²) in [6.45, 7) is 1.97. The number of urea groups is 1. The third kappa shape index (κ3) is 4.15. The van der Waals surface area contributed by atoms with Crippen LogP contribution in [0.1, 0.15) is 19.8 Å². The second-order valence-electron chi connectivity index (χ2n) is 4.75. The summed E-state index contributed by atoms with van der Waals surface area (Å²) in [5.74, 6) is -1.37. The molecule has 0 spiro atoms. The first kappa shape index (κ1) is 14.7. The van der Waals surface area contributed by atoms with Crippen molar-refractivity contribution >= 4 is 12.0 Å². The third-order valence-electron chi connectivity index (χ3n) is 2.89. The Kier molecular flexibility index (Phi) is 4.92. The van der Waals surface area contributed by atoms with Crippen LogP contribution < -0.4 is 5.32 Å². The standard InChI is InChI=1S/C11H20N2O5/c1-11(17,9(14)15)7-12-10(16)13(2)6-8-4-3-5-18-8/h8,17H,3-7H2,1-2H3,(H,12,16)(H,14,15). The van der Waals surface area contributed by atoms with Gasteiger partial charge in [0.15, 0.2) is 5.60 Å². The number of ether oxygens (including phenoxy) is 1. The largest absolute Gasteiger partial charge is 0.479 e. The van der Waals surface area contributed by atoms with Crippen molar-refractivity contribution in [3.63, 3.8) is 0 Å². The lowest BCUT2D eigenvalue weighted by molar-refractivity contribution is -0.155. The summed E-state index contributed by atoms with van der Waals surface area (Å²) in [6.07, 6.45) is 1.96. The van der Waals surface area contributed by atoms with Crippen LogP contribution in [0.5, 0.6) is 0 Å². The van der Waals surface area contributed by atoms with Crippen molar-refractivity contribution in [1.82, 2.24) is 10.2 Å². The normalized spacial score (nSPS) is 22.3. The fourth-order valence-corrected chi connectivity index (χ4v) is 1.63. The van der Waals surface area contributed by atoms with E-state index in [0.29, 0.717) is 13.2 Å². The molecule has 0 aromatic heterocycles. The van der Waals surface area contributed by atoms with Gasteiger partial charge >= 0.3 is 12.0 Å². The van der Waals surface area contributed by atoms with E-state index in [2.05, 4.69) is 5.32 Å². The molecule has 0 aromatic carbocycles. The van der Waals surface area contributed by atoms with E-state index in [4.69, 9.17) is 9.84 Å². The zero-order valence-corrected chi connectivity index (χ0v) is 10.7. The Hall–Kier alpha value is -1.34. The highest BCUT2D eigenvalue weighted by Gasteiger charge is 2.31. The van der Waals surface area contributed by atoms with Gasteiger partial charge in [-0.25, -0.2) is 9.59 Å². The van der Waals surface area contributed by atoms with Crippen molar-refractivity contribution in [3.8, 4) is 0 Å². The van der Waals surface area contributed by atoms with Crippen LogP contribution in [-0.4, -0.2) is 65.6 Å². The number of likely N-dealkylation sites (N-methyl/N-ethyl adjacent to an activating group) is 1. The molecule has 0 aromatic rings. The molecule has 2 unspecified atom stereocenters. The minimum atomic E-state index is -1.96. The molecule has 0 bridgehead atoms. The summed E-state index contributed by atoms with van der Waals surface area (Å²) in [4.78, 5) is 23.7. The van der Waals surface area contributed by atoms with E-state index in [0.717, 1.165) is 19.8 Å². The molecular weight excluding hydrogens is 240 g/mol. The molecule has 2 amide bonds. The van der Waals surface area contributed by atoms with Gasteiger partial charge in [0.25, 0.3) is 0 Å². The maximum atomic E-state index is 11.7. The van der Waals surface area contributed by atoms with E-state index in [9.17, 15) is 14.7 Å². The van der Waals surface area contributed by atoms with Crippen molar-refractivity contribution in [2.24, 2.45) is 0 Å². The summed E-state index contributed by atoms with van der Waals surface area (Å²) in [5.41, 5.74) is -1.96. The van der Waals surface area contributed by atoms with Crippen LogP contribution in [0.2, 0.25) is 0 Å². The van der Waals surface area contributed by atoms with Gasteiger partial charge in [0.1, 0.15) is 0 Å². The molecular formula is C11H20N2O5. The van der Waals surface area contributed by atoms with Crippen LogP contribution in [0, 0.1) is 0 Å². The minimum absolute atomic E-state index is 0.0423. The molecule has 0 saturated carbocycles. The van der Waals surface area contributed by atoms with Crippen LogP contribution in [0.4, 0.5) is 4.79 Å². The van der Waals surface area contributed by atoms with Crippen molar-refractivity contribution < 1.29 is 24.5 Å². The molecule has 104 valence electrons. The summed E-state index contributed by atoms with van der Waals surface area (Å²) in [7, 11) is 1.60. The van der Waals surface area contributed by atoms with E-state index in [1.807, 2.05) is 0 Å². The molecule has 1 aliphatic heterocycles. The number of carbonyl (C=O) groups excluding carboxylic acids is 1. The first-order valence-corrected chi connectivity index (χ1v) is 5.89. The number of carboxylic acid groups (broad SMARTS) is 1. The fraction of sp³-hybridized carbons (Fsp3) is 0.818. The number of nitrogens with one attached hydrogen (secondary N) is 1. The molecule has 3 N–H and O–H groups in total. The van der Waals surface area contributed by atoms with Crippen LogP contribution in [0.3, 0.4) is 0 Å². The van der Waals surface area contributed by atoms with Crippen LogP contribution in [0.15, 0.2) is 0 Å².